The van der Waals surface area contributed by atoms with E-state index in [2.05, 4.69) is 10.2 Å². The second-order valence-electron chi connectivity index (χ2n) is 5.17. The summed E-state index contributed by atoms with van der Waals surface area (Å²) in [7, 11) is 3.63. The van der Waals surface area contributed by atoms with Gasteiger partial charge < -0.3 is 10.2 Å². The van der Waals surface area contributed by atoms with E-state index in [4.69, 9.17) is 0 Å². The fourth-order valence-corrected chi connectivity index (χ4v) is 2.17. The third-order valence-electron chi connectivity index (χ3n) is 3.32. The van der Waals surface area contributed by atoms with E-state index in [1.165, 1.54) is 0 Å². The lowest BCUT2D eigenvalue weighted by Gasteiger charge is -2.20. The van der Waals surface area contributed by atoms with Gasteiger partial charge in [0, 0.05) is 31.5 Å². The highest BCUT2D eigenvalue weighted by molar-refractivity contribution is 5.95. The molecule has 0 saturated heterocycles. The molecular weight excluding hydrogens is 252 g/mol. The summed E-state index contributed by atoms with van der Waals surface area (Å²) >= 11 is 0. The van der Waals surface area contributed by atoms with E-state index in [0.29, 0.717) is 13.0 Å². The minimum atomic E-state index is -0.0326. The van der Waals surface area contributed by atoms with Crippen LogP contribution in [-0.4, -0.2) is 43.8 Å². The Balaban J connectivity index is 2.27. The third-order valence-corrected chi connectivity index (χ3v) is 3.32. The number of nitrogens with one attached hydrogen (secondary N) is 1. The van der Waals surface area contributed by atoms with Gasteiger partial charge in [-0.3, -0.25) is 9.59 Å². The molecule has 4 nitrogen and oxygen atoms in total. The van der Waals surface area contributed by atoms with Gasteiger partial charge in [-0.2, -0.15) is 0 Å². The number of carbonyl (C=O) groups excluding carboxylic acids is 2. The Morgan fingerprint density at radius 2 is 1.90 bits per heavy atom. The molecule has 1 unspecified atom stereocenters. The number of Topliss-reactive ketones (excluding diaryl/α,β-unsaturated/α-hetero) is 1. The van der Waals surface area contributed by atoms with Crippen LogP contribution in [0.5, 0.6) is 0 Å². The topological polar surface area (TPSA) is 49.4 Å². The lowest BCUT2D eigenvalue weighted by molar-refractivity contribution is -0.124. The minimum absolute atomic E-state index is 0.0326. The Kier molecular flexibility index (Phi) is 6.94. The van der Waals surface area contributed by atoms with Crippen molar-refractivity contribution in [1.29, 1.82) is 0 Å². The first-order valence-electron chi connectivity index (χ1n) is 7.03. The summed E-state index contributed by atoms with van der Waals surface area (Å²) in [5.41, 5.74) is 0.772. The highest BCUT2D eigenvalue weighted by atomic mass is 16.1. The predicted molar refractivity (Wildman–Crippen MR) is 80.7 cm³/mol. The fourth-order valence-electron chi connectivity index (χ4n) is 2.17. The van der Waals surface area contributed by atoms with Crippen LogP contribution in [0.4, 0.5) is 0 Å². The monoisotopic (exact) mass is 276 g/mol. The van der Waals surface area contributed by atoms with Crippen molar-refractivity contribution in [2.45, 2.75) is 19.8 Å². The molecule has 0 saturated carbocycles. The SMILES string of the molecule is CNC(=O)C(C)CN(C)CCCC(=O)c1ccccc1. The molecule has 0 aliphatic rings. The second-order valence-corrected chi connectivity index (χ2v) is 5.17. The molecule has 0 aliphatic heterocycles. The zero-order valence-electron chi connectivity index (χ0n) is 12.6. The smallest absolute Gasteiger partial charge is 0.223 e. The summed E-state index contributed by atoms with van der Waals surface area (Å²) in [6, 6.07) is 9.36. The van der Waals surface area contributed by atoms with Gasteiger partial charge in [-0.05, 0) is 20.0 Å². The predicted octanol–water partition coefficient (Wildman–Crippen LogP) is 1.96. The molecule has 0 aliphatic carbocycles. The number of hydrogen-bond acceptors (Lipinski definition) is 3. The first kappa shape index (κ1) is 16.4. The maximum Gasteiger partial charge on any atom is 0.223 e. The number of ketones is 1. The quantitative estimate of drug-likeness (QED) is 0.738. The van der Waals surface area contributed by atoms with Crippen molar-refractivity contribution in [2.75, 3.05) is 27.2 Å². The normalized spacial score (nSPS) is 12.2. The maximum atomic E-state index is 11.9. The summed E-state index contributed by atoms with van der Waals surface area (Å²) in [6.07, 6.45) is 1.35. The highest BCUT2D eigenvalue weighted by Gasteiger charge is 2.13. The average molecular weight is 276 g/mol. The second kappa shape index (κ2) is 8.48. The summed E-state index contributed by atoms with van der Waals surface area (Å²) < 4.78 is 0. The molecule has 1 atom stereocenters. The van der Waals surface area contributed by atoms with Gasteiger partial charge in [-0.15, -0.1) is 0 Å². The Bertz CT molecular complexity index is 431. The largest absolute Gasteiger partial charge is 0.359 e. The number of nitrogens with zero attached hydrogens (tertiary/aromatic N) is 1. The average Bonchev–Trinajstić information content (AvgIpc) is 2.47. The van der Waals surface area contributed by atoms with Gasteiger partial charge in [-0.1, -0.05) is 37.3 Å². The van der Waals surface area contributed by atoms with E-state index in [9.17, 15) is 9.59 Å². The third kappa shape index (κ3) is 5.53. The van der Waals surface area contributed by atoms with Gasteiger partial charge in [0.25, 0.3) is 0 Å². The van der Waals surface area contributed by atoms with Crippen LogP contribution >= 0.6 is 0 Å². The van der Waals surface area contributed by atoms with Crippen LogP contribution in [-0.2, 0) is 4.79 Å². The van der Waals surface area contributed by atoms with E-state index in [0.717, 1.165) is 18.5 Å². The first-order valence-corrected chi connectivity index (χ1v) is 7.03. The van der Waals surface area contributed by atoms with Gasteiger partial charge in [0.2, 0.25) is 5.91 Å². The molecule has 1 aromatic carbocycles. The van der Waals surface area contributed by atoms with Crippen LogP contribution in [0.25, 0.3) is 0 Å². The number of benzene rings is 1. The molecule has 0 aromatic heterocycles. The van der Waals surface area contributed by atoms with Crippen LogP contribution in [0.1, 0.15) is 30.1 Å². The highest BCUT2D eigenvalue weighted by Crippen LogP contribution is 2.06. The van der Waals surface area contributed by atoms with Crippen molar-refractivity contribution >= 4 is 11.7 Å². The van der Waals surface area contributed by atoms with Gasteiger partial charge in [0.15, 0.2) is 5.78 Å². The van der Waals surface area contributed by atoms with E-state index < -0.39 is 0 Å². The molecule has 1 rings (SSSR count). The number of carbonyl (C=O) groups is 2. The molecule has 1 aromatic rings. The van der Waals surface area contributed by atoms with Crippen molar-refractivity contribution in [2.24, 2.45) is 5.92 Å². The molecule has 1 N–H and O–H groups in total. The maximum absolute atomic E-state index is 11.9. The Labute approximate surface area is 121 Å². The lowest BCUT2D eigenvalue weighted by Crippen LogP contribution is -2.34. The first-order chi connectivity index (χ1) is 9.54. The molecule has 0 radical (unpaired) electrons. The summed E-state index contributed by atoms with van der Waals surface area (Å²) in [5, 5.41) is 2.65. The van der Waals surface area contributed by atoms with Gasteiger partial charge in [0.1, 0.15) is 0 Å². The van der Waals surface area contributed by atoms with Crippen LogP contribution in [0, 0.1) is 5.92 Å². The van der Waals surface area contributed by atoms with Crippen LogP contribution in [0.2, 0.25) is 0 Å². The molecule has 1 amide bonds. The van der Waals surface area contributed by atoms with E-state index in [-0.39, 0.29) is 17.6 Å². The zero-order chi connectivity index (χ0) is 15.0. The molecule has 0 fully saturated rings. The van der Waals surface area contributed by atoms with Crippen LogP contribution in [0.15, 0.2) is 30.3 Å². The summed E-state index contributed by atoms with van der Waals surface area (Å²) in [4.78, 5) is 25.4. The molecule has 0 bridgehead atoms. The van der Waals surface area contributed by atoms with Gasteiger partial charge >= 0.3 is 0 Å². The van der Waals surface area contributed by atoms with Gasteiger partial charge in [-0.25, -0.2) is 0 Å². The van der Waals surface area contributed by atoms with Crippen LogP contribution < -0.4 is 5.32 Å². The Hall–Kier alpha value is -1.68. The number of rotatable bonds is 8. The van der Waals surface area contributed by atoms with Crippen molar-refractivity contribution in [3.05, 3.63) is 35.9 Å². The number of amides is 1. The molecule has 0 spiro atoms. The fraction of sp³-hybridized carbons (Fsp3) is 0.500. The van der Waals surface area contributed by atoms with E-state index in [1.54, 1.807) is 7.05 Å². The summed E-state index contributed by atoms with van der Waals surface area (Å²) in [5.74, 6) is 0.199. The molecular formula is C16H24N2O2. The molecule has 4 heteroatoms. The Morgan fingerprint density at radius 3 is 2.50 bits per heavy atom. The Morgan fingerprint density at radius 1 is 1.25 bits per heavy atom. The van der Waals surface area contributed by atoms with Gasteiger partial charge in [0.05, 0.1) is 0 Å². The van der Waals surface area contributed by atoms with Crippen molar-refractivity contribution in [3.63, 3.8) is 0 Å². The van der Waals surface area contributed by atoms with E-state index in [1.807, 2.05) is 44.3 Å². The van der Waals surface area contributed by atoms with Crippen LogP contribution in [0.3, 0.4) is 0 Å². The zero-order valence-corrected chi connectivity index (χ0v) is 12.6. The molecule has 0 heterocycles. The number of hydrogen-bond donors (Lipinski definition) is 1. The molecule has 110 valence electrons. The van der Waals surface area contributed by atoms with E-state index >= 15 is 0 Å². The van der Waals surface area contributed by atoms with Crippen molar-refractivity contribution < 1.29 is 9.59 Å². The standard InChI is InChI=1S/C16H24N2O2/c1-13(16(20)17-2)12-18(3)11-7-10-15(19)14-8-5-4-6-9-14/h4-6,8-9,13H,7,10-12H2,1-3H3,(H,17,20). The summed E-state index contributed by atoms with van der Waals surface area (Å²) in [6.45, 7) is 3.43. The lowest BCUT2D eigenvalue weighted by atomic mass is 10.1. The van der Waals surface area contributed by atoms with Crippen molar-refractivity contribution in [3.8, 4) is 0 Å². The van der Waals surface area contributed by atoms with Crippen molar-refractivity contribution in [1.82, 2.24) is 10.2 Å². The molecule has 20 heavy (non-hydrogen) atoms. The minimum Gasteiger partial charge on any atom is -0.359 e.